The molecule has 0 atom stereocenters. The quantitative estimate of drug-likeness (QED) is 0.567. The Hall–Kier alpha value is -2.75. The van der Waals surface area contributed by atoms with Gasteiger partial charge in [0.05, 0.1) is 4.90 Å². The summed E-state index contributed by atoms with van der Waals surface area (Å²) in [6, 6.07) is 13.5. The molecular weight excluding hydrogens is 432 g/mol. The van der Waals surface area contributed by atoms with Gasteiger partial charge in [0, 0.05) is 41.6 Å². The number of aromatic nitrogens is 2. The Morgan fingerprint density at radius 2 is 1.71 bits per heavy atom. The number of benzene rings is 2. The second kappa shape index (κ2) is 9.17. The van der Waals surface area contributed by atoms with Gasteiger partial charge >= 0.3 is 0 Å². The Morgan fingerprint density at radius 1 is 1.03 bits per heavy atom. The van der Waals surface area contributed by atoms with Crippen LogP contribution >= 0.6 is 11.8 Å². The number of rotatable bonds is 6. The van der Waals surface area contributed by atoms with Gasteiger partial charge in [0.25, 0.3) is 5.91 Å². The van der Waals surface area contributed by atoms with Crippen molar-refractivity contribution in [2.24, 2.45) is 0 Å². The molecule has 0 saturated carbocycles. The molecule has 0 radical (unpaired) electrons. The molecule has 1 aliphatic rings. The molecule has 0 spiro atoms. The van der Waals surface area contributed by atoms with Crippen LogP contribution in [0.1, 0.15) is 28.8 Å². The van der Waals surface area contributed by atoms with Crippen LogP contribution in [-0.2, 0) is 10.0 Å². The van der Waals surface area contributed by atoms with Crippen LogP contribution in [0.3, 0.4) is 0 Å². The minimum absolute atomic E-state index is 0.214. The molecule has 9 heteroatoms. The first kappa shape index (κ1) is 21.5. The Balaban J connectivity index is 1.44. The summed E-state index contributed by atoms with van der Waals surface area (Å²) in [4.78, 5) is 22.2. The maximum atomic E-state index is 12.7. The van der Waals surface area contributed by atoms with Crippen molar-refractivity contribution in [3.63, 3.8) is 0 Å². The van der Waals surface area contributed by atoms with Gasteiger partial charge in [-0.15, -0.1) is 0 Å². The van der Waals surface area contributed by atoms with Crippen LogP contribution in [0.2, 0.25) is 0 Å². The minimum atomic E-state index is -3.49. The fourth-order valence-corrected chi connectivity index (χ4v) is 5.66. The second-order valence-electron chi connectivity index (χ2n) is 7.20. The van der Waals surface area contributed by atoms with Gasteiger partial charge in [-0.05, 0) is 85.6 Å². The molecule has 7 nitrogen and oxygen atoms in total. The fourth-order valence-electron chi connectivity index (χ4n) is 3.33. The average molecular weight is 455 g/mol. The topological polar surface area (TPSA) is 92.3 Å². The summed E-state index contributed by atoms with van der Waals surface area (Å²) in [6.07, 6.45) is 5.15. The van der Waals surface area contributed by atoms with E-state index in [1.54, 1.807) is 30.6 Å². The predicted molar refractivity (Wildman–Crippen MR) is 120 cm³/mol. The summed E-state index contributed by atoms with van der Waals surface area (Å²) in [5.41, 5.74) is 2.00. The van der Waals surface area contributed by atoms with E-state index >= 15 is 0 Å². The maximum Gasteiger partial charge on any atom is 0.255 e. The molecule has 1 saturated heterocycles. The lowest BCUT2D eigenvalue weighted by atomic mass is 10.1. The van der Waals surface area contributed by atoms with Gasteiger partial charge < -0.3 is 5.32 Å². The van der Waals surface area contributed by atoms with Crippen molar-refractivity contribution in [1.82, 2.24) is 14.3 Å². The summed E-state index contributed by atoms with van der Waals surface area (Å²) in [5, 5.41) is 3.55. The van der Waals surface area contributed by atoms with Gasteiger partial charge in [-0.1, -0.05) is 0 Å². The van der Waals surface area contributed by atoms with E-state index in [0.29, 0.717) is 29.5 Å². The van der Waals surface area contributed by atoms with E-state index in [-0.39, 0.29) is 10.8 Å². The summed E-state index contributed by atoms with van der Waals surface area (Å²) in [6.45, 7) is 3.01. The van der Waals surface area contributed by atoms with Crippen molar-refractivity contribution in [2.45, 2.75) is 34.7 Å². The Labute approximate surface area is 186 Å². The van der Waals surface area contributed by atoms with Crippen molar-refractivity contribution in [3.8, 4) is 0 Å². The van der Waals surface area contributed by atoms with E-state index in [1.807, 2.05) is 25.1 Å². The number of sulfonamides is 1. The first-order chi connectivity index (χ1) is 14.9. The molecule has 0 aliphatic carbocycles. The van der Waals surface area contributed by atoms with E-state index in [0.717, 1.165) is 23.3 Å². The normalized spacial score (nSPS) is 14.5. The largest absolute Gasteiger partial charge is 0.322 e. The number of nitrogens with one attached hydrogen (secondary N) is 1. The zero-order chi connectivity index (χ0) is 21.8. The molecule has 1 aliphatic heterocycles. The summed E-state index contributed by atoms with van der Waals surface area (Å²) in [7, 11) is -3.49. The molecule has 1 aromatic heterocycles. The van der Waals surface area contributed by atoms with E-state index < -0.39 is 10.0 Å². The lowest BCUT2D eigenvalue weighted by Crippen LogP contribution is -2.27. The SMILES string of the molecule is Cc1cc(Sc2ncccn2)ccc1NC(=O)c1ccc(S(=O)(=O)N2CCCC2)cc1. The number of anilines is 1. The van der Waals surface area contributed by atoms with Crippen molar-refractivity contribution >= 4 is 33.4 Å². The number of nitrogens with zero attached hydrogens (tertiary/aromatic N) is 3. The van der Waals surface area contributed by atoms with Crippen LogP contribution in [0.15, 0.2) is 75.9 Å². The molecule has 0 bridgehead atoms. The third-order valence-electron chi connectivity index (χ3n) is 5.02. The van der Waals surface area contributed by atoms with Gasteiger partial charge in [-0.3, -0.25) is 4.79 Å². The van der Waals surface area contributed by atoms with Crippen LogP contribution in [0, 0.1) is 6.92 Å². The third-order valence-corrected chi connectivity index (χ3v) is 7.81. The maximum absolute atomic E-state index is 12.7. The van der Waals surface area contributed by atoms with Gasteiger partial charge in [-0.2, -0.15) is 4.31 Å². The molecular formula is C22H22N4O3S2. The molecule has 4 rings (SSSR count). The molecule has 1 amide bonds. The third kappa shape index (κ3) is 4.95. The lowest BCUT2D eigenvalue weighted by molar-refractivity contribution is 0.102. The molecule has 2 heterocycles. The summed E-state index contributed by atoms with van der Waals surface area (Å²) < 4.78 is 26.7. The number of carbonyl (C=O) groups excluding carboxylic acids is 1. The highest BCUT2D eigenvalue weighted by molar-refractivity contribution is 7.99. The van der Waals surface area contributed by atoms with Crippen LogP contribution in [0.4, 0.5) is 5.69 Å². The molecule has 160 valence electrons. The second-order valence-corrected chi connectivity index (χ2v) is 10.2. The highest BCUT2D eigenvalue weighted by Gasteiger charge is 2.27. The molecule has 0 unspecified atom stereocenters. The van der Waals surface area contributed by atoms with Crippen LogP contribution in [0.5, 0.6) is 0 Å². The van der Waals surface area contributed by atoms with E-state index in [2.05, 4.69) is 15.3 Å². The van der Waals surface area contributed by atoms with E-state index in [1.165, 1.54) is 28.2 Å². The predicted octanol–water partition coefficient (Wildman–Crippen LogP) is 3.97. The van der Waals surface area contributed by atoms with Gasteiger partial charge in [0.2, 0.25) is 10.0 Å². The van der Waals surface area contributed by atoms with E-state index in [4.69, 9.17) is 0 Å². The Kier molecular flexibility index (Phi) is 6.35. The summed E-state index contributed by atoms with van der Waals surface area (Å²) >= 11 is 1.44. The van der Waals surface area contributed by atoms with Gasteiger partial charge in [-0.25, -0.2) is 18.4 Å². The molecule has 31 heavy (non-hydrogen) atoms. The smallest absolute Gasteiger partial charge is 0.255 e. The van der Waals surface area contributed by atoms with Crippen molar-refractivity contribution in [3.05, 3.63) is 72.1 Å². The first-order valence-electron chi connectivity index (χ1n) is 9.90. The van der Waals surface area contributed by atoms with Crippen LogP contribution in [0.25, 0.3) is 0 Å². The zero-order valence-corrected chi connectivity index (χ0v) is 18.6. The average Bonchev–Trinajstić information content (AvgIpc) is 3.32. The fraction of sp³-hybridized carbons (Fsp3) is 0.227. The molecule has 1 N–H and O–H groups in total. The number of hydrogen-bond donors (Lipinski definition) is 1. The van der Waals surface area contributed by atoms with Crippen molar-refractivity contribution in [1.29, 1.82) is 0 Å². The zero-order valence-electron chi connectivity index (χ0n) is 17.0. The monoisotopic (exact) mass is 454 g/mol. The molecule has 3 aromatic rings. The summed E-state index contributed by atoms with van der Waals surface area (Å²) in [5.74, 6) is -0.292. The Morgan fingerprint density at radius 3 is 2.35 bits per heavy atom. The number of aryl methyl sites for hydroxylation is 1. The van der Waals surface area contributed by atoms with Crippen molar-refractivity contribution in [2.75, 3.05) is 18.4 Å². The first-order valence-corrected chi connectivity index (χ1v) is 12.2. The lowest BCUT2D eigenvalue weighted by Gasteiger charge is -2.15. The van der Waals surface area contributed by atoms with Crippen molar-refractivity contribution < 1.29 is 13.2 Å². The minimum Gasteiger partial charge on any atom is -0.322 e. The molecule has 2 aromatic carbocycles. The highest BCUT2D eigenvalue weighted by atomic mass is 32.2. The standard InChI is InChI=1S/C22H22N4O3S2/c1-16-15-18(30-22-23-11-4-12-24-22)7-10-20(16)25-21(27)17-5-8-19(9-6-17)31(28,29)26-13-2-3-14-26/h4-12,15H,2-3,13-14H2,1H3,(H,25,27). The van der Waals surface area contributed by atoms with Gasteiger partial charge in [0.1, 0.15) is 0 Å². The van der Waals surface area contributed by atoms with Gasteiger partial charge in [0.15, 0.2) is 5.16 Å². The van der Waals surface area contributed by atoms with E-state index in [9.17, 15) is 13.2 Å². The number of amides is 1. The Bertz CT molecular complexity index is 1180. The highest BCUT2D eigenvalue weighted by Crippen LogP contribution is 2.28. The van der Waals surface area contributed by atoms with Crippen LogP contribution in [-0.4, -0.2) is 41.7 Å². The number of hydrogen-bond acceptors (Lipinski definition) is 6. The molecule has 1 fully saturated rings. The van der Waals surface area contributed by atoms with Crippen LogP contribution < -0.4 is 5.32 Å². The number of carbonyl (C=O) groups is 1.